The molecule has 7 heteroatoms. The molecule has 0 bridgehead atoms. The second-order valence-electron chi connectivity index (χ2n) is 5.60. The summed E-state index contributed by atoms with van der Waals surface area (Å²) in [6.45, 7) is 0.835. The molecule has 2 N–H and O–H groups in total. The van der Waals surface area contributed by atoms with Crippen LogP contribution in [0.15, 0.2) is 24.5 Å². The van der Waals surface area contributed by atoms with Gasteiger partial charge in [0.25, 0.3) is 5.91 Å². The van der Waals surface area contributed by atoms with E-state index in [1.54, 1.807) is 17.2 Å². The minimum Gasteiger partial charge on any atom is -0.333 e. The Hall–Kier alpha value is -1.95. The van der Waals surface area contributed by atoms with Gasteiger partial charge in [-0.3, -0.25) is 9.89 Å². The van der Waals surface area contributed by atoms with Crippen molar-refractivity contribution < 1.29 is 14.2 Å². The number of amides is 1. The Balaban J connectivity index is 1.80. The number of pyridine rings is 1. The number of aromatic amines is 2. The summed E-state index contributed by atoms with van der Waals surface area (Å²) < 4.78 is 13.8. The minimum absolute atomic E-state index is 0.223. The van der Waals surface area contributed by atoms with Crippen LogP contribution in [0.1, 0.15) is 35.3 Å². The fourth-order valence-corrected chi connectivity index (χ4v) is 2.70. The molecule has 1 aliphatic carbocycles. The Morgan fingerprint density at radius 2 is 2.36 bits per heavy atom. The maximum Gasteiger partial charge on any atom is 0.274 e. The lowest BCUT2D eigenvalue weighted by atomic mass is 9.85. The van der Waals surface area contributed by atoms with Gasteiger partial charge in [-0.2, -0.15) is 5.10 Å². The number of hydrogen-bond donors (Lipinski definition) is 1. The summed E-state index contributed by atoms with van der Waals surface area (Å²) in [5, 5.41) is 6.77. The van der Waals surface area contributed by atoms with E-state index in [0.29, 0.717) is 23.2 Å². The summed E-state index contributed by atoms with van der Waals surface area (Å²) in [5.74, 6) is -0.104. The molecule has 0 radical (unpaired) electrons. The molecule has 0 saturated heterocycles. The molecule has 2 aromatic rings. The van der Waals surface area contributed by atoms with Gasteiger partial charge < -0.3 is 4.90 Å². The number of aromatic nitrogens is 3. The third kappa shape index (κ3) is 3.27. The first-order valence-electron chi connectivity index (χ1n) is 7.28. The molecule has 2 aromatic heterocycles. The highest BCUT2D eigenvalue weighted by Gasteiger charge is 2.26. The Morgan fingerprint density at radius 3 is 2.95 bits per heavy atom. The normalized spacial score (nSPS) is 14.6. The molecule has 0 spiro atoms. The van der Waals surface area contributed by atoms with Crippen LogP contribution in [0.3, 0.4) is 0 Å². The predicted molar refractivity (Wildman–Crippen MR) is 78.6 cm³/mol. The van der Waals surface area contributed by atoms with Crippen LogP contribution in [0.2, 0.25) is 5.15 Å². The van der Waals surface area contributed by atoms with Crippen LogP contribution in [0.25, 0.3) is 0 Å². The van der Waals surface area contributed by atoms with E-state index in [2.05, 4.69) is 15.2 Å². The Bertz CT molecular complexity index is 671. The number of nitrogens with zero attached hydrogens (tertiary/aromatic N) is 2. The summed E-state index contributed by atoms with van der Waals surface area (Å²) in [7, 11) is 0. The number of nitrogens with one attached hydrogen (secondary N) is 2. The van der Waals surface area contributed by atoms with Gasteiger partial charge in [-0.15, -0.1) is 0 Å². The van der Waals surface area contributed by atoms with E-state index in [1.165, 1.54) is 18.7 Å². The van der Waals surface area contributed by atoms with E-state index in [4.69, 9.17) is 11.6 Å². The number of H-pyrrole nitrogens is 2. The number of hydrogen-bond acceptors (Lipinski definition) is 2. The summed E-state index contributed by atoms with van der Waals surface area (Å²) >= 11 is 5.79. The molecule has 1 aliphatic rings. The molecule has 0 aromatic carbocycles. The third-order valence-electron chi connectivity index (χ3n) is 4.02. The topological polar surface area (TPSA) is 63.1 Å². The van der Waals surface area contributed by atoms with Crippen LogP contribution in [0.4, 0.5) is 4.39 Å². The molecule has 1 saturated carbocycles. The van der Waals surface area contributed by atoms with Crippen molar-refractivity contribution in [1.82, 2.24) is 15.1 Å². The van der Waals surface area contributed by atoms with Crippen molar-refractivity contribution in [2.45, 2.75) is 25.8 Å². The number of carbonyl (C=O) groups is 1. The Labute approximate surface area is 132 Å². The molecular weight excluding hydrogens is 307 g/mol. The monoisotopic (exact) mass is 323 g/mol. The molecule has 3 rings (SSSR count). The molecule has 0 atom stereocenters. The van der Waals surface area contributed by atoms with E-state index in [1.807, 2.05) is 0 Å². The Morgan fingerprint density at radius 1 is 1.55 bits per heavy atom. The van der Waals surface area contributed by atoms with Gasteiger partial charge in [-0.1, -0.05) is 18.0 Å². The number of rotatable bonds is 5. The van der Waals surface area contributed by atoms with Gasteiger partial charge in [-0.05, 0) is 18.8 Å². The molecule has 1 fully saturated rings. The maximum absolute atomic E-state index is 13.8. The molecule has 0 aliphatic heterocycles. The molecule has 5 nitrogen and oxygen atoms in total. The van der Waals surface area contributed by atoms with Crippen LogP contribution < -0.4 is 4.98 Å². The number of halogens is 2. The Kier molecular flexibility index (Phi) is 4.38. The van der Waals surface area contributed by atoms with Gasteiger partial charge in [0.15, 0.2) is 17.7 Å². The van der Waals surface area contributed by atoms with Gasteiger partial charge >= 0.3 is 0 Å². The fraction of sp³-hybridized carbons (Fsp3) is 0.400. The highest BCUT2D eigenvalue weighted by atomic mass is 35.5. The molecule has 2 heterocycles. The smallest absolute Gasteiger partial charge is 0.274 e. The summed E-state index contributed by atoms with van der Waals surface area (Å²) in [6, 6.07) is 3.14. The van der Waals surface area contributed by atoms with Crippen molar-refractivity contribution in [3.05, 3.63) is 46.8 Å². The lowest BCUT2D eigenvalue weighted by Gasteiger charge is -2.32. The van der Waals surface area contributed by atoms with Crippen molar-refractivity contribution in [3.8, 4) is 0 Å². The largest absolute Gasteiger partial charge is 0.333 e. The zero-order valence-electron chi connectivity index (χ0n) is 12.0. The highest BCUT2D eigenvalue weighted by molar-refractivity contribution is 6.29. The van der Waals surface area contributed by atoms with Gasteiger partial charge in [0, 0.05) is 30.8 Å². The average molecular weight is 324 g/mol. The predicted octanol–water partition coefficient (Wildman–Crippen LogP) is 2.46. The summed E-state index contributed by atoms with van der Waals surface area (Å²) in [6.07, 6.45) is 6.34. The lowest BCUT2D eigenvalue weighted by Crippen LogP contribution is -2.37. The molecule has 1 amide bonds. The third-order valence-corrected chi connectivity index (χ3v) is 4.21. The van der Waals surface area contributed by atoms with Gasteiger partial charge in [0.05, 0.1) is 0 Å². The SMILES string of the molecule is O=C(c1cc(Cl)[nH]n1)N(Cc1cc[nH+]cc1F)CC1CCC1. The summed E-state index contributed by atoms with van der Waals surface area (Å²) in [5.41, 5.74) is 0.736. The van der Waals surface area contributed by atoms with Crippen molar-refractivity contribution >= 4 is 17.5 Å². The van der Waals surface area contributed by atoms with Crippen molar-refractivity contribution in [3.63, 3.8) is 0 Å². The van der Waals surface area contributed by atoms with Crippen LogP contribution in [-0.2, 0) is 6.54 Å². The van der Waals surface area contributed by atoms with E-state index in [-0.39, 0.29) is 24.0 Å². The molecular formula is C15H17ClFN4O+. The first-order valence-corrected chi connectivity index (χ1v) is 7.66. The van der Waals surface area contributed by atoms with Gasteiger partial charge in [0.2, 0.25) is 6.20 Å². The van der Waals surface area contributed by atoms with Crippen LogP contribution in [0.5, 0.6) is 0 Å². The molecule has 116 valence electrons. The minimum atomic E-state index is -0.353. The van der Waals surface area contributed by atoms with E-state index >= 15 is 0 Å². The standard InChI is InChI=1S/C15H16ClFN4O/c16-14-6-13(19-20-14)15(22)21(8-10-2-1-3-10)9-11-4-5-18-7-12(11)17/h4-7,10H,1-3,8-9H2,(H,19,20)/p+1. The van der Waals surface area contributed by atoms with Crippen molar-refractivity contribution in [2.24, 2.45) is 5.92 Å². The maximum atomic E-state index is 13.8. The van der Waals surface area contributed by atoms with E-state index < -0.39 is 0 Å². The highest BCUT2D eigenvalue weighted by Crippen LogP contribution is 2.28. The van der Waals surface area contributed by atoms with Crippen LogP contribution >= 0.6 is 11.6 Å². The zero-order valence-corrected chi connectivity index (χ0v) is 12.7. The van der Waals surface area contributed by atoms with Crippen LogP contribution in [0, 0.1) is 11.7 Å². The quantitative estimate of drug-likeness (QED) is 0.918. The average Bonchev–Trinajstić information content (AvgIpc) is 2.89. The zero-order chi connectivity index (χ0) is 15.5. The summed E-state index contributed by atoms with van der Waals surface area (Å²) in [4.78, 5) is 16.9. The van der Waals surface area contributed by atoms with E-state index in [9.17, 15) is 9.18 Å². The van der Waals surface area contributed by atoms with E-state index in [0.717, 1.165) is 12.8 Å². The first-order chi connectivity index (χ1) is 10.6. The number of carbonyl (C=O) groups excluding carboxylic acids is 1. The van der Waals surface area contributed by atoms with Crippen molar-refractivity contribution in [2.75, 3.05) is 6.54 Å². The molecule has 0 unspecified atom stereocenters. The first kappa shape index (κ1) is 15.0. The van der Waals surface area contributed by atoms with Crippen LogP contribution in [-0.4, -0.2) is 27.5 Å². The second-order valence-corrected chi connectivity index (χ2v) is 6.01. The lowest BCUT2D eigenvalue weighted by molar-refractivity contribution is -0.381. The fourth-order valence-electron chi connectivity index (χ4n) is 2.55. The van der Waals surface area contributed by atoms with Gasteiger partial charge in [0.1, 0.15) is 5.15 Å². The molecule has 22 heavy (non-hydrogen) atoms. The van der Waals surface area contributed by atoms with Crippen molar-refractivity contribution in [1.29, 1.82) is 0 Å². The van der Waals surface area contributed by atoms with Gasteiger partial charge in [-0.25, -0.2) is 9.37 Å². The second kappa shape index (κ2) is 6.44.